The highest BCUT2D eigenvalue weighted by atomic mass is 35.5. The minimum absolute atomic E-state index is 0.0963. The van der Waals surface area contributed by atoms with E-state index < -0.39 is 27.4 Å². The number of anilines is 2. The molecule has 0 aromatic heterocycles. The largest absolute Gasteiger partial charge is 0.416 e. The smallest absolute Gasteiger partial charge is 0.378 e. The van der Waals surface area contributed by atoms with Crippen molar-refractivity contribution < 1.29 is 22.7 Å². The van der Waals surface area contributed by atoms with Gasteiger partial charge in [-0.3, -0.25) is 4.79 Å². The fraction of sp³-hybridized carbons (Fsp3) is 0.562. The fourth-order valence-electron chi connectivity index (χ4n) is 2.80. The third kappa shape index (κ3) is 3.55. The Balaban J connectivity index is 1.92. The minimum atomic E-state index is -4.50. The van der Waals surface area contributed by atoms with Gasteiger partial charge in [-0.15, -0.1) is 23.2 Å². The molecule has 1 amide bonds. The number of amides is 1. The maximum atomic E-state index is 13.1. The van der Waals surface area contributed by atoms with Gasteiger partial charge in [0.1, 0.15) is 4.33 Å². The summed E-state index contributed by atoms with van der Waals surface area (Å²) in [5, 5.41) is 2.59. The van der Waals surface area contributed by atoms with Gasteiger partial charge in [0.2, 0.25) is 5.91 Å². The van der Waals surface area contributed by atoms with Gasteiger partial charge in [0.25, 0.3) is 0 Å². The van der Waals surface area contributed by atoms with Crippen molar-refractivity contribution in [3.63, 3.8) is 0 Å². The Morgan fingerprint density at radius 3 is 2.40 bits per heavy atom. The molecule has 1 saturated heterocycles. The third-order valence-corrected chi connectivity index (χ3v) is 5.78. The Labute approximate surface area is 153 Å². The van der Waals surface area contributed by atoms with Gasteiger partial charge in [-0.2, -0.15) is 13.2 Å². The Morgan fingerprint density at radius 1 is 1.28 bits per heavy atom. The number of benzene rings is 1. The first-order chi connectivity index (χ1) is 11.5. The summed E-state index contributed by atoms with van der Waals surface area (Å²) in [5.74, 6) is -0.494. The molecule has 2 fully saturated rings. The Morgan fingerprint density at radius 2 is 1.88 bits per heavy atom. The van der Waals surface area contributed by atoms with Crippen LogP contribution in [0.15, 0.2) is 18.2 Å². The zero-order chi connectivity index (χ0) is 18.5. The van der Waals surface area contributed by atoms with Gasteiger partial charge in [-0.25, -0.2) is 0 Å². The lowest BCUT2D eigenvalue weighted by atomic mass is 10.1. The summed E-state index contributed by atoms with van der Waals surface area (Å²) in [6.07, 6.45) is -4.25. The molecule has 0 bridgehead atoms. The monoisotopic (exact) mass is 396 g/mol. The van der Waals surface area contributed by atoms with E-state index in [9.17, 15) is 18.0 Å². The number of rotatable bonds is 3. The highest BCUT2D eigenvalue weighted by Crippen LogP contribution is 2.64. The summed E-state index contributed by atoms with van der Waals surface area (Å²) in [5.41, 5.74) is -1.24. The molecule has 0 spiro atoms. The predicted molar refractivity (Wildman–Crippen MR) is 90.3 cm³/mol. The first-order valence-electron chi connectivity index (χ1n) is 7.78. The Hall–Kier alpha value is -1.18. The number of alkyl halides is 5. The average Bonchev–Trinajstić information content (AvgIpc) is 3.07. The van der Waals surface area contributed by atoms with E-state index in [1.807, 2.05) is 4.90 Å². The van der Waals surface area contributed by atoms with Crippen molar-refractivity contribution in [2.24, 2.45) is 5.41 Å². The summed E-state index contributed by atoms with van der Waals surface area (Å²) >= 11 is 12.0. The van der Waals surface area contributed by atoms with E-state index in [0.29, 0.717) is 32.0 Å². The van der Waals surface area contributed by atoms with Crippen molar-refractivity contribution >= 4 is 40.5 Å². The summed E-state index contributed by atoms with van der Waals surface area (Å²) in [4.78, 5) is 14.4. The number of ether oxygens (including phenoxy) is 1. The molecule has 1 N–H and O–H groups in total. The second kappa shape index (κ2) is 6.21. The average molecular weight is 397 g/mol. The van der Waals surface area contributed by atoms with Crippen LogP contribution >= 0.6 is 23.2 Å². The van der Waals surface area contributed by atoms with Crippen molar-refractivity contribution in [3.05, 3.63) is 23.8 Å². The van der Waals surface area contributed by atoms with E-state index in [4.69, 9.17) is 27.9 Å². The van der Waals surface area contributed by atoms with E-state index in [-0.39, 0.29) is 12.1 Å². The highest BCUT2D eigenvalue weighted by molar-refractivity contribution is 6.53. The molecule has 0 radical (unpaired) electrons. The number of carbonyl (C=O) groups is 1. The minimum Gasteiger partial charge on any atom is -0.378 e. The lowest BCUT2D eigenvalue weighted by Crippen LogP contribution is -2.37. The van der Waals surface area contributed by atoms with Gasteiger partial charge in [0, 0.05) is 13.1 Å². The van der Waals surface area contributed by atoms with Crippen LogP contribution < -0.4 is 10.2 Å². The number of nitrogens with zero attached hydrogens (tertiary/aromatic N) is 1. The molecule has 4 nitrogen and oxygen atoms in total. The number of carbonyl (C=O) groups excluding carboxylic acids is 1. The predicted octanol–water partition coefficient (Wildman–Crippen LogP) is 4.06. The first kappa shape index (κ1) is 18.6. The zero-order valence-corrected chi connectivity index (χ0v) is 14.9. The molecule has 138 valence electrons. The topological polar surface area (TPSA) is 41.6 Å². The second-order valence-corrected chi connectivity index (χ2v) is 7.98. The van der Waals surface area contributed by atoms with Crippen LogP contribution in [-0.4, -0.2) is 36.5 Å². The van der Waals surface area contributed by atoms with Crippen LogP contribution in [-0.2, 0) is 15.7 Å². The number of halogens is 5. The number of morpholine rings is 1. The first-order valence-corrected chi connectivity index (χ1v) is 8.53. The van der Waals surface area contributed by atoms with Crippen molar-refractivity contribution in [1.29, 1.82) is 0 Å². The molecular formula is C16H17Cl2F3N2O2. The zero-order valence-electron chi connectivity index (χ0n) is 13.4. The molecule has 25 heavy (non-hydrogen) atoms. The molecule has 1 atom stereocenters. The molecule has 2 aliphatic rings. The van der Waals surface area contributed by atoms with E-state index >= 15 is 0 Å². The third-order valence-electron chi connectivity index (χ3n) is 4.68. The maximum absolute atomic E-state index is 13.1. The fourth-order valence-corrected chi connectivity index (χ4v) is 3.51. The van der Waals surface area contributed by atoms with Crippen molar-refractivity contribution in [1.82, 2.24) is 0 Å². The quantitative estimate of drug-likeness (QED) is 0.783. The standard InChI is InChI=1S/C16H17Cl2F3N2O2/c1-14(9-15(14,17)18)13(24)22-11-8-10(16(19,20)21)2-3-12(11)23-4-6-25-7-5-23/h2-3,8H,4-7,9H2,1H3,(H,22,24). The van der Waals surface area contributed by atoms with Gasteiger partial charge in [0.15, 0.2) is 0 Å². The van der Waals surface area contributed by atoms with E-state index in [2.05, 4.69) is 5.32 Å². The van der Waals surface area contributed by atoms with Gasteiger partial charge < -0.3 is 15.0 Å². The lowest BCUT2D eigenvalue weighted by Gasteiger charge is -2.31. The molecule has 1 aliphatic carbocycles. The number of hydrogen-bond acceptors (Lipinski definition) is 3. The molecule has 1 unspecified atom stereocenters. The van der Waals surface area contributed by atoms with Crippen LogP contribution in [0.4, 0.5) is 24.5 Å². The molecular weight excluding hydrogens is 380 g/mol. The van der Waals surface area contributed by atoms with Crippen LogP contribution in [0.2, 0.25) is 0 Å². The van der Waals surface area contributed by atoms with Gasteiger partial charge in [0.05, 0.1) is 35.6 Å². The van der Waals surface area contributed by atoms with Crippen molar-refractivity contribution in [2.75, 3.05) is 36.5 Å². The lowest BCUT2D eigenvalue weighted by molar-refractivity contribution is -0.137. The van der Waals surface area contributed by atoms with Crippen LogP contribution in [0, 0.1) is 5.41 Å². The van der Waals surface area contributed by atoms with E-state index in [1.165, 1.54) is 6.07 Å². The molecule has 1 aromatic rings. The van der Waals surface area contributed by atoms with Gasteiger partial charge in [-0.1, -0.05) is 0 Å². The van der Waals surface area contributed by atoms with Gasteiger partial charge >= 0.3 is 6.18 Å². The summed E-state index contributed by atoms with van der Waals surface area (Å²) < 4.78 is 43.3. The Bertz CT molecular complexity index is 690. The van der Waals surface area contributed by atoms with Gasteiger partial charge in [-0.05, 0) is 31.5 Å². The number of nitrogens with one attached hydrogen (secondary N) is 1. The SMILES string of the molecule is CC1(C(=O)Nc2cc(C(F)(F)F)ccc2N2CCOCC2)CC1(Cl)Cl. The second-order valence-electron chi connectivity index (χ2n) is 6.50. The molecule has 1 aliphatic heterocycles. The van der Waals surface area contributed by atoms with Crippen molar-refractivity contribution in [2.45, 2.75) is 23.9 Å². The Kier molecular flexibility index (Phi) is 4.62. The van der Waals surface area contributed by atoms with Crippen LogP contribution in [0.1, 0.15) is 18.9 Å². The summed E-state index contributed by atoms with van der Waals surface area (Å²) in [7, 11) is 0. The van der Waals surface area contributed by atoms with Crippen molar-refractivity contribution in [3.8, 4) is 0 Å². The van der Waals surface area contributed by atoms with E-state index in [0.717, 1.165) is 12.1 Å². The molecule has 1 aromatic carbocycles. The van der Waals surface area contributed by atoms with Crippen LogP contribution in [0.5, 0.6) is 0 Å². The highest BCUT2D eigenvalue weighted by Gasteiger charge is 2.68. The number of hydrogen-bond donors (Lipinski definition) is 1. The van der Waals surface area contributed by atoms with Crippen LogP contribution in [0.3, 0.4) is 0 Å². The molecule has 1 saturated carbocycles. The normalized spacial score (nSPS) is 25.6. The molecule has 9 heteroatoms. The molecule has 3 rings (SSSR count). The summed E-state index contributed by atoms with van der Waals surface area (Å²) in [6, 6.07) is 3.32. The molecule has 1 heterocycles. The summed E-state index contributed by atoms with van der Waals surface area (Å²) in [6.45, 7) is 3.59. The van der Waals surface area contributed by atoms with Crippen LogP contribution in [0.25, 0.3) is 0 Å². The maximum Gasteiger partial charge on any atom is 0.416 e. The van der Waals surface area contributed by atoms with E-state index in [1.54, 1.807) is 6.92 Å².